The second kappa shape index (κ2) is 10.6. The molecule has 2 saturated heterocycles. The van der Waals surface area contributed by atoms with Crippen molar-refractivity contribution in [3.05, 3.63) is 69.4 Å². The lowest BCUT2D eigenvalue weighted by atomic mass is 9.96. The van der Waals surface area contributed by atoms with E-state index in [0.29, 0.717) is 58.2 Å². The molecule has 4 aromatic rings. The number of anilines is 2. The van der Waals surface area contributed by atoms with Crippen LogP contribution in [0.1, 0.15) is 34.5 Å². The summed E-state index contributed by atoms with van der Waals surface area (Å²) in [6.45, 7) is 4.00. The van der Waals surface area contributed by atoms with Crippen LogP contribution in [0.25, 0.3) is 33.3 Å². The number of hydrogen-bond acceptors (Lipinski definition) is 8. The molecule has 10 nitrogen and oxygen atoms in total. The number of hydrogen-bond donors (Lipinski definition) is 3. The van der Waals surface area contributed by atoms with E-state index < -0.39 is 23.0 Å². The number of rotatable bonds is 7. The van der Waals surface area contributed by atoms with E-state index in [9.17, 15) is 14.7 Å². The molecular weight excluding hydrogens is 568 g/mol. The first-order valence-electron chi connectivity index (χ1n) is 14.8. The van der Waals surface area contributed by atoms with Gasteiger partial charge in [0.15, 0.2) is 11.6 Å². The van der Waals surface area contributed by atoms with Gasteiger partial charge in [-0.1, -0.05) is 0 Å². The standard InChI is InChI=1S/C32H33F2N7O3/c1-36-23-10-22(33)28(34)26-18(23)9-24-27(26)29(41-7-4-16-13-40(6-3-5-35)15-25(16)41)20(12-37-24)17-8-19-30(42)21(32(43)44)14-39(2)31(19)38-11-17/h8,10-12,14,16,25,36H,3-7,9,13,15,35H2,1-2H3,(H,43,44)/t16-,25+/m0/s1. The highest BCUT2D eigenvalue weighted by Gasteiger charge is 2.44. The van der Waals surface area contributed by atoms with Crippen molar-refractivity contribution < 1.29 is 18.7 Å². The number of nitrogens with one attached hydrogen (secondary N) is 1. The number of fused-ring (bicyclic) bond motifs is 5. The van der Waals surface area contributed by atoms with Gasteiger partial charge in [-0.3, -0.25) is 9.78 Å². The van der Waals surface area contributed by atoms with Gasteiger partial charge in [-0.2, -0.15) is 0 Å². The Morgan fingerprint density at radius 3 is 2.75 bits per heavy atom. The second-order valence-electron chi connectivity index (χ2n) is 11.9. The minimum atomic E-state index is -1.32. The number of carboxylic acids is 1. The molecule has 0 amide bonds. The van der Waals surface area contributed by atoms with Crippen LogP contribution in [0.15, 0.2) is 35.5 Å². The summed E-state index contributed by atoms with van der Waals surface area (Å²) < 4.78 is 32.4. The summed E-state index contributed by atoms with van der Waals surface area (Å²) in [5, 5.41) is 12.8. The number of pyridine rings is 3. The van der Waals surface area contributed by atoms with Crippen LogP contribution in [0.3, 0.4) is 0 Å². The summed E-state index contributed by atoms with van der Waals surface area (Å²) in [7, 11) is 3.32. The van der Waals surface area contributed by atoms with Gasteiger partial charge in [0.2, 0.25) is 5.43 Å². The predicted octanol–water partition coefficient (Wildman–Crippen LogP) is 3.44. The first kappa shape index (κ1) is 28.4. The summed E-state index contributed by atoms with van der Waals surface area (Å²) in [4.78, 5) is 39.1. The molecule has 228 valence electrons. The van der Waals surface area contributed by atoms with Gasteiger partial charge in [-0.25, -0.2) is 18.6 Å². The Morgan fingerprint density at radius 1 is 1.18 bits per heavy atom. The third-order valence-corrected chi connectivity index (χ3v) is 9.46. The summed E-state index contributed by atoms with van der Waals surface area (Å²) in [5.74, 6) is -2.78. The number of carbonyl (C=O) groups is 1. The Bertz CT molecular complexity index is 1910. The SMILES string of the molecule is CNc1cc(F)c(F)c2c1Cc1ncc(-c3cnc4c(c3)c(=O)c(C(=O)O)cn4C)c(N3CC[C@H]4CN(CCCN)C[C@H]43)c1-2. The maximum absolute atomic E-state index is 15.8. The number of carboxylic acid groups (broad SMARTS) is 1. The van der Waals surface area contributed by atoms with Gasteiger partial charge < -0.3 is 30.5 Å². The van der Waals surface area contributed by atoms with Crippen LogP contribution in [-0.2, 0) is 13.5 Å². The third-order valence-electron chi connectivity index (χ3n) is 9.46. The lowest BCUT2D eigenvalue weighted by Gasteiger charge is -2.31. The van der Waals surface area contributed by atoms with Gasteiger partial charge in [0, 0.05) is 98.8 Å². The van der Waals surface area contributed by atoms with E-state index in [1.807, 2.05) is 0 Å². The molecule has 0 bridgehead atoms. The number of nitrogens with zero attached hydrogens (tertiary/aromatic N) is 5. The van der Waals surface area contributed by atoms with Crippen LogP contribution in [-0.4, -0.2) is 76.3 Å². The van der Waals surface area contributed by atoms with Crippen molar-refractivity contribution in [3.8, 4) is 22.3 Å². The van der Waals surface area contributed by atoms with Crippen molar-refractivity contribution in [3.63, 3.8) is 0 Å². The van der Waals surface area contributed by atoms with Crippen molar-refractivity contribution in [2.24, 2.45) is 18.7 Å². The van der Waals surface area contributed by atoms with E-state index >= 15 is 8.78 Å². The van der Waals surface area contributed by atoms with E-state index in [1.54, 1.807) is 32.6 Å². The number of aryl methyl sites for hydroxylation is 1. The van der Waals surface area contributed by atoms with Crippen molar-refractivity contribution >= 4 is 28.4 Å². The number of aromatic nitrogens is 3. The zero-order valence-corrected chi connectivity index (χ0v) is 24.5. The maximum atomic E-state index is 15.8. The van der Waals surface area contributed by atoms with Crippen molar-refractivity contribution in [2.75, 3.05) is 50.0 Å². The molecule has 0 radical (unpaired) electrons. The van der Waals surface area contributed by atoms with E-state index in [1.165, 1.54) is 16.8 Å². The molecule has 2 atom stereocenters. The lowest BCUT2D eigenvalue weighted by Crippen LogP contribution is -2.36. The number of halogens is 2. The van der Waals surface area contributed by atoms with Gasteiger partial charge in [0.05, 0.1) is 16.8 Å². The van der Waals surface area contributed by atoms with Crippen LogP contribution in [0.4, 0.5) is 20.2 Å². The summed E-state index contributed by atoms with van der Waals surface area (Å²) >= 11 is 0. The molecule has 0 saturated carbocycles. The van der Waals surface area contributed by atoms with Crippen LogP contribution >= 0.6 is 0 Å². The Labute approximate surface area is 252 Å². The second-order valence-corrected chi connectivity index (χ2v) is 11.9. The van der Waals surface area contributed by atoms with Gasteiger partial charge >= 0.3 is 5.97 Å². The molecule has 3 aromatic heterocycles. The molecule has 44 heavy (non-hydrogen) atoms. The largest absolute Gasteiger partial charge is 0.477 e. The number of nitrogens with two attached hydrogens (primary N) is 1. The highest BCUT2D eigenvalue weighted by atomic mass is 19.2. The molecule has 0 spiro atoms. The third kappa shape index (κ3) is 4.27. The van der Waals surface area contributed by atoms with Gasteiger partial charge in [0.1, 0.15) is 11.2 Å². The lowest BCUT2D eigenvalue weighted by molar-refractivity contribution is 0.0695. The maximum Gasteiger partial charge on any atom is 0.341 e. The van der Waals surface area contributed by atoms with Crippen molar-refractivity contribution in [1.82, 2.24) is 19.4 Å². The fourth-order valence-electron chi connectivity index (χ4n) is 7.43. The molecule has 4 N–H and O–H groups in total. The molecule has 1 aromatic carbocycles. The Kier molecular flexibility index (Phi) is 6.85. The highest BCUT2D eigenvalue weighted by molar-refractivity contribution is 5.99. The van der Waals surface area contributed by atoms with Gasteiger partial charge in [0.25, 0.3) is 0 Å². The predicted molar refractivity (Wildman–Crippen MR) is 164 cm³/mol. The summed E-state index contributed by atoms with van der Waals surface area (Å²) in [5.41, 5.74) is 9.61. The number of aromatic carboxylic acids is 1. The smallest absolute Gasteiger partial charge is 0.341 e. The topological polar surface area (TPSA) is 130 Å². The summed E-state index contributed by atoms with van der Waals surface area (Å²) in [6, 6.07) is 2.96. The van der Waals surface area contributed by atoms with E-state index in [2.05, 4.69) is 20.1 Å². The minimum absolute atomic E-state index is 0.141. The molecular formula is C32H33F2N7O3. The zero-order chi connectivity index (χ0) is 30.9. The quantitative estimate of drug-likeness (QED) is 0.257. The van der Waals surface area contributed by atoms with E-state index in [-0.39, 0.29) is 22.6 Å². The molecule has 2 aliphatic heterocycles. The average molecular weight is 602 g/mol. The average Bonchev–Trinajstić information content (AvgIpc) is 3.72. The Balaban J connectivity index is 1.47. The Hall–Kier alpha value is -4.42. The first-order valence-corrected chi connectivity index (χ1v) is 14.8. The van der Waals surface area contributed by atoms with Crippen LogP contribution in [0.5, 0.6) is 0 Å². The van der Waals surface area contributed by atoms with Gasteiger partial charge in [-0.15, -0.1) is 0 Å². The van der Waals surface area contributed by atoms with Crippen LogP contribution < -0.4 is 21.4 Å². The normalized spacial score (nSPS) is 19.0. The fourth-order valence-corrected chi connectivity index (χ4v) is 7.43. The molecule has 7 rings (SSSR count). The molecule has 5 heterocycles. The monoisotopic (exact) mass is 601 g/mol. The molecule has 12 heteroatoms. The molecule has 2 fully saturated rings. The molecule has 0 unspecified atom stereocenters. The number of likely N-dealkylation sites (tertiary alicyclic amines) is 1. The van der Waals surface area contributed by atoms with Crippen LogP contribution in [0.2, 0.25) is 0 Å². The fraction of sp³-hybridized carbons (Fsp3) is 0.375. The Morgan fingerprint density at radius 2 is 2.00 bits per heavy atom. The van der Waals surface area contributed by atoms with E-state index in [0.717, 1.165) is 44.7 Å². The number of benzene rings is 1. The van der Waals surface area contributed by atoms with Crippen molar-refractivity contribution in [1.29, 1.82) is 0 Å². The highest BCUT2D eigenvalue weighted by Crippen LogP contribution is 2.52. The first-order chi connectivity index (χ1) is 21.2. The molecule has 1 aliphatic carbocycles. The van der Waals surface area contributed by atoms with Crippen molar-refractivity contribution in [2.45, 2.75) is 25.3 Å². The van der Waals surface area contributed by atoms with E-state index in [4.69, 9.17) is 10.7 Å². The summed E-state index contributed by atoms with van der Waals surface area (Å²) in [6.07, 6.45) is 6.79. The van der Waals surface area contributed by atoms with Gasteiger partial charge in [-0.05, 0) is 43.5 Å². The zero-order valence-electron chi connectivity index (χ0n) is 24.5. The molecule has 3 aliphatic rings. The minimum Gasteiger partial charge on any atom is -0.477 e. The van der Waals surface area contributed by atoms with Crippen LogP contribution in [0, 0.1) is 17.6 Å².